The molecule has 0 radical (unpaired) electrons. The number of hydrogen-bond donors (Lipinski definition) is 1. The first kappa shape index (κ1) is 9.15. The highest BCUT2D eigenvalue weighted by Gasteiger charge is 2.03. The third-order valence-corrected chi connectivity index (χ3v) is 2.83. The Hall–Kier alpha value is -1.42. The topological polar surface area (TPSA) is 51.8 Å². The molecule has 0 amide bonds. The number of benzene rings is 1. The van der Waals surface area contributed by atoms with E-state index >= 15 is 0 Å². The van der Waals surface area contributed by atoms with Gasteiger partial charge in [-0.1, -0.05) is 31.2 Å². The maximum absolute atomic E-state index is 5.46. The van der Waals surface area contributed by atoms with Crippen LogP contribution in [0.4, 0.5) is 5.95 Å². The minimum absolute atomic E-state index is 0.351. The minimum Gasteiger partial charge on any atom is -0.367 e. The summed E-state index contributed by atoms with van der Waals surface area (Å²) in [5.74, 6) is 0.351. The Balaban J connectivity index is 2.33. The number of anilines is 1. The lowest BCUT2D eigenvalue weighted by Crippen LogP contribution is -1.86. The molecule has 72 valence electrons. The summed E-state index contributed by atoms with van der Waals surface area (Å²) in [6.45, 7) is 2.14. The fourth-order valence-electron chi connectivity index (χ4n) is 1.24. The monoisotopic (exact) mass is 205 g/mol. The van der Waals surface area contributed by atoms with E-state index in [0.29, 0.717) is 5.95 Å². The molecule has 2 rings (SSSR count). The van der Waals surface area contributed by atoms with E-state index in [1.807, 2.05) is 0 Å². The van der Waals surface area contributed by atoms with Gasteiger partial charge in [0.2, 0.25) is 5.95 Å². The minimum atomic E-state index is 0.351. The zero-order chi connectivity index (χ0) is 9.97. The number of aromatic nitrogens is 2. The fraction of sp³-hybridized carbons (Fsp3) is 0.200. The van der Waals surface area contributed by atoms with E-state index in [4.69, 9.17) is 5.73 Å². The van der Waals surface area contributed by atoms with E-state index < -0.39 is 0 Å². The summed E-state index contributed by atoms with van der Waals surface area (Å²) in [5.41, 5.74) is 7.87. The lowest BCUT2D eigenvalue weighted by Gasteiger charge is -1.97. The van der Waals surface area contributed by atoms with E-state index in [1.165, 1.54) is 17.1 Å². The van der Waals surface area contributed by atoms with Crippen molar-refractivity contribution in [3.8, 4) is 10.6 Å². The summed E-state index contributed by atoms with van der Waals surface area (Å²) in [6.07, 6.45) is 1.05. The lowest BCUT2D eigenvalue weighted by atomic mass is 10.1. The second kappa shape index (κ2) is 3.75. The number of hydrogen-bond acceptors (Lipinski definition) is 4. The van der Waals surface area contributed by atoms with Gasteiger partial charge in [0.05, 0.1) is 0 Å². The molecule has 0 aliphatic carbocycles. The van der Waals surface area contributed by atoms with Crippen LogP contribution in [0.15, 0.2) is 24.3 Å². The highest BCUT2D eigenvalue weighted by molar-refractivity contribution is 7.09. The second-order valence-corrected chi connectivity index (χ2v) is 3.76. The molecule has 4 heteroatoms. The van der Waals surface area contributed by atoms with Gasteiger partial charge < -0.3 is 5.73 Å². The van der Waals surface area contributed by atoms with Crippen LogP contribution >= 0.6 is 11.5 Å². The zero-order valence-electron chi connectivity index (χ0n) is 7.90. The summed E-state index contributed by atoms with van der Waals surface area (Å²) in [4.78, 5) is 4.12. The van der Waals surface area contributed by atoms with Gasteiger partial charge in [-0.2, -0.15) is 9.36 Å². The summed E-state index contributed by atoms with van der Waals surface area (Å²) in [6, 6.07) is 8.32. The number of nitrogens with zero attached hydrogens (tertiary/aromatic N) is 2. The van der Waals surface area contributed by atoms with Crippen molar-refractivity contribution in [1.82, 2.24) is 9.36 Å². The Morgan fingerprint density at radius 3 is 2.50 bits per heavy atom. The van der Waals surface area contributed by atoms with Gasteiger partial charge in [0.25, 0.3) is 0 Å². The van der Waals surface area contributed by atoms with Crippen LogP contribution in [-0.4, -0.2) is 9.36 Å². The van der Waals surface area contributed by atoms with E-state index in [-0.39, 0.29) is 0 Å². The predicted octanol–water partition coefficient (Wildman–Crippen LogP) is 2.35. The molecule has 1 aromatic carbocycles. The fourth-order valence-corrected chi connectivity index (χ4v) is 1.83. The molecule has 2 N–H and O–H groups in total. The molecule has 0 saturated carbocycles. The molecule has 1 aromatic heterocycles. The van der Waals surface area contributed by atoms with E-state index in [1.54, 1.807) is 0 Å². The molecule has 0 spiro atoms. The van der Waals surface area contributed by atoms with Gasteiger partial charge in [-0.15, -0.1) is 0 Å². The first-order valence-corrected chi connectivity index (χ1v) is 5.25. The second-order valence-electron chi connectivity index (χ2n) is 3.01. The van der Waals surface area contributed by atoms with Crippen molar-refractivity contribution in [2.24, 2.45) is 0 Å². The molecular formula is C10H11N3S. The molecule has 2 aromatic rings. The maximum Gasteiger partial charge on any atom is 0.232 e. The van der Waals surface area contributed by atoms with Gasteiger partial charge in [-0.05, 0) is 23.5 Å². The Kier molecular flexibility index (Phi) is 2.45. The van der Waals surface area contributed by atoms with E-state index in [2.05, 4.69) is 40.5 Å². The smallest absolute Gasteiger partial charge is 0.232 e. The SMILES string of the molecule is CCc1ccc(-c2nc(N)ns2)cc1. The molecule has 1 heterocycles. The van der Waals surface area contributed by atoms with Crippen molar-refractivity contribution < 1.29 is 0 Å². The highest BCUT2D eigenvalue weighted by Crippen LogP contribution is 2.22. The number of nitrogens with two attached hydrogens (primary N) is 1. The van der Waals surface area contributed by atoms with Crippen molar-refractivity contribution in [1.29, 1.82) is 0 Å². The van der Waals surface area contributed by atoms with Crippen LogP contribution in [0.1, 0.15) is 12.5 Å². The number of rotatable bonds is 2. The van der Waals surface area contributed by atoms with E-state index in [0.717, 1.165) is 17.0 Å². The van der Waals surface area contributed by atoms with Crippen LogP contribution in [0.5, 0.6) is 0 Å². The van der Waals surface area contributed by atoms with Crippen molar-refractivity contribution in [3.63, 3.8) is 0 Å². The van der Waals surface area contributed by atoms with Gasteiger partial charge >= 0.3 is 0 Å². The summed E-state index contributed by atoms with van der Waals surface area (Å²) in [7, 11) is 0. The average Bonchev–Trinajstić information content (AvgIpc) is 2.65. The molecular weight excluding hydrogens is 194 g/mol. The van der Waals surface area contributed by atoms with Crippen molar-refractivity contribution >= 4 is 17.5 Å². The molecule has 0 aliphatic heterocycles. The standard InChI is InChI=1S/C10H11N3S/c1-2-7-3-5-8(6-4-7)9-12-10(11)13-14-9/h3-6H,2H2,1H3,(H2,11,13). The van der Waals surface area contributed by atoms with Crippen molar-refractivity contribution in [2.45, 2.75) is 13.3 Å². The van der Waals surface area contributed by atoms with Crippen LogP contribution in [0.25, 0.3) is 10.6 Å². The van der Waals surface area contributed by atoms with Crippen LogP contribution in [0, 0.1) is 0 Å². The predicted molar refractivity (Wildman–Crippen MR) is 59.1 cm³/mol. The van der Waals surface area contributed by atoms with Gasteiger partial charge in [0.1, 0.15) is 5.01 Å². The van der Waals surface area contributed by atoms with Crippen LogP contribution in [-0.2, 0) is 6.42 Å². The third-order valence-electron chi connectivity index (χ3n) is 2.05. The molecule has 0 fully saturated rings. The summed E-state index contributed by atoms with van der Waals surface area (Å²) < 4.78 is 3.94. The largest absolute Gasteiger partial charge is 0.367 e. The van der Waals surface area contributed by atoms with E-state index in [9.17, 15) is 0 Å². The molecule has 0 saturated heterocycles. The normalized spacial score (nSPS) is 10.4. The van der Waals surface area contributed by atoms with Gasteiger partial charge in [-0.25, -0.2) is 0 Å². The maximum atomic E-state index is 5.46. The quantitative estimate of drug-likeness (QED) is 0.818. The van der Waals surface area contributed by atoms with Gasteiger partial charge in [0.15, 0.2) is 0 Å². The molecule has 0 atom stereocenters. The lowest BCUT2D eigenvalue weighted by molar-refractivity contribution is 1.14. The Morgan fingerprint density at radius 1 is 1.29 bits per heavy atom. The molecule has 3 nitrogen and oxygen atoms in total. The first-order chi connectivity index (χ1) is 6.79. The Labute approximate surface area is 86.8 Å². The first-order valence-electron chi connectivity index (χ1n) is 4.48. The van der Waals surface area contributed by atoms with Crippen molar-refractivity contribution in [3.05, 3.63) is 29.8 Å². The highest BCUT2D eigenvalue weighted by atomic mass is 32.1. The molecule has 0 aliphatic rings. The summed E-state index contributed by atoms with van der Waals surface area (Å²) in [5, 5.41) is 0.880. The average molecular weight is 205 g/mol. The molecule has 0 unspecified atom stereocenters. The zero-order valence-corrected chi connectivity index (χ0v) is 8.71. The number of nitrogen functional groups attached to an aromatic ring is 1. The Bertz CT molecular complexity index is 419. The van der Waals surface area contributed by atoms with Crippen LogP contribution < -0.4 is 5.73 Å². The van der Waals surface area contributed by atoms with Crippen molar-refractivity contribution in [2.75, 3.05) is 5.73 Å². The number of aryl methyl sites for hydroxylation is 1. The summed E-state index contributed by atoms with van der Waals surface area (Å²) >= 11 is 1.33. The van der Waals surface area contributed by atoms with Gasteiger partial charge in [0, 0.05) is 5.56 Å². The third kappa shape index (κ3) is 1.75. The molecule has 0 bridgehead atoms. The Morgan fingerprint density at radius 2 is 2.00 bits per heavy atom. The van der Waals surface area contributed by atoms with Crippen LogP contribution in [0.3, 0.4) is 0 Å². The van der Waals surface area contributed by atoms with Gasteiger partial charge in [-0.3, -0.25) is 0 Å². The van der Waals surface area contributed by atoms with Crippen LogP contribution in [0.2, 0.25) is 0 Å². The molecule has 14 heavy (non-hydrogen) atoms.